The first kappa shape index (κ1) is 48.9. The van der Waals surface area contributed by atoms with Crippen LogP contribution in [0.25, 0.3) is 33.0 Å². The number of pyridine rings is 1. The lowest BCUT2D eigenvalue weighted by molar-refractivity contribution is -0.148. The fourth-order valence-corrected chi connectivity index (χ4v) is 6.33. The lowest BCUT2D eigenvalue weighted by atomic mass is 9.98. The molecule has 0 radical (unpaired) electrons. The van der Waals surface area contributed by atoms with Crippen LogP contribution in [0.4, 0.5) is 0 Å². The number of hydrogen-bond donors (Lipinski definition) is 3. The van der Waals surface area contributed by atoms with E-state index >= 15 is 0 Å². The number of H-pyrrole nitrogens is 1. The Morgan fingerprint density at radius 1 is 0.877 bits per heavy atom. The van der Waals surface area contributed by atoms with Crippen molar-refractivity contribution < 1.29 is 76.1 Å². The predicted molar refractivity (Wildman–Crippen MR) is 225 cm³/mol. The maximum absolute atomic E-state index is 14.7. The minimum atomic E-state index is -1.22. The van der Waals surface area contributed by atoms with Crippen molar-refractivity contribution in [3.8, 4) is 34.1 Å². The third-order valence-electron chi connectivity index (χ3n) is 9.28. The van der Waals surface area contributed by atoms with Gasteiger partial charge in [-0.25, -0.2) is 14.3 Å². The molecule has 0 spiro atoms. The van der Waals surface area contributed by atoms with Gasteiger partial charge in [0.25, 0.3) is 0 Å². The Hall–Kier alpha value is -7.08. The fourth-order valence-electron chi connectivity index (χ4n) is 6.33. The van der Waals surface area contributed by atoms with Crippen LogP contribution in [0.15, 0.2) is 44.7 Å². The number of amides is 1. The zero-order valence-electron chi connectivity index (χ0n) is 36.5. The quantitative estimate of drug-likeness (QED) is 0.0408. The van der Waals surface area contributed by atoms with Crippen LogP contribution in [0.2, 0.25) is 0 Å². The number of carbonyl (C=O) groups is 4. The highest BCUT2D eigenvalue weighted by Gasteiger charge is 2.30. The van der Waals surface area contributed by atoms with Gasteiger partial charge in [0.2, 0.25) is 11.3 Å². The van der Waals surface area contributed by atoms with E-state index < -0.39 is 72.6 Å². The Morgan fingerprint density at radius 2 is 1.54 bits per heavy atom. The van der Waals surface area contributed by atoms with Crippen molar-refractivity contribution in [1.29, 1.82) is 0 Å². The normalized spacial score (nSPS) is 11.6. The largest absolute Gasteiger partial charge is 0.481 e. The first-order valence-corrected chi connectivity index (χ1v) is 19.9. The number of hydrogen-bond acceptors (Lipinski definition) is 19. The van der Waals surface area contributed by atoms with Gasteiger partial charge in [0.15, 0.2) is 55.6 Å². The number of aromatic amines is 1. The number of fused-ring (bicyclic) bond motifs is 2. The summed E-state index contributed by atoms with van der Waals surface area (Å²) in [7, 11) is 5.55. The van der Waals surface area contributed by atoms with Gasteiger partial charge in [-0.1, -0.05) is 18.6 Å². The number of esters is 2. The Kier molecular flexibility index (Phi) is 17.7. The van der Waals surface area contributed by atoms with Crippen molar-refractivity contribution in [3.63, 3.8) is 0 Å². The topological polar surface area (TPSA) is 287 Å². The predicted octanol–water partition coefficient (Wildman–Crippen LogP) is 3.18. The molecule has 23 nitrogen and oxygen atoms in total. The number of aliphatic carboxylic acids is 1. The van der Waals surface area contributed by atoms with Gasteiger partial charge in [-0.15, -0.1) is 5.10 Å². The molecule has 0 unspecified atom stereocenters. The molecule has 0 saturated carbocycles. The fraction of sp³-hybridized carbons (Fsp3) is 0.429. The third-order valence-corrected chi connectivity index (χ3v) is 9.28. The minimum Gasteiger partial charge on any atom is -0.481 e. The molecule has 5 rings (SSSR count). The van der Waals surface area contributed by atoms with Crippen molar-refractivity contribution >= 4 is 45.7 Å². The number of carboxylic acid groups (broad SMARTS) is 1. The molecule has 0 aliphatic carbocycles. The number of aromatic nitrogens is 4. The molecule has 0 fully saturated rings. The summed E-state index contributed by atoms with van der Waals surface area (Å²) in [6, 6.07) is 3.04. The summed E-state index contributed by atoms with van der Waals surface area (Å²) in [5, 5.41) is 19.2. The van der Waals surface area contributed by atoms with Crippen molar-refractivity contribution in [3.05, 3.63) is 68.1 Å². The van der Waals surface area contributed by atoms with Crippen LogP contribution >= 0.6 is 0 Å². The smallest absolute Gasteiger partial charge is 0.343 e. The summed E-state index contributed by atoms with van der Waals surface area (Å²) in [5.74, 6) is -3.75. The first-order valence-electron chi connectivity index (χ1n) is 19.9. The van der Waals surface area contributed by atoms with Crippen molar-refractivity contribution in [1.82, 2.24) is 25.3 Å². The lowest BCUT2D eigenvalue weighted by Crippen LogP contribution is -2.43. The molecule has 2 aromatic carbocycles. The number of benzene rings is 2. The molecule has 1 atom stereocenters. The second kappa shape index (κ2) is 23.6. The van der Waals surface area contributed by atoms with Gasteiger partial charge in [0.1, 0.15) is 42.3 Å². The van der Waals surface area contributed by atoms with Gasteiger partial charge in [-0.3, -0.25) is 19.2 Å². The second-order valence-electron chi connectivity index (χ2n) is 14.0. The first-order chi connectivity index (χ1) is 31.3. The van der Waals surface area contributed by atoms with E-state index in [0.29, 0.717) is 11.9 Å². The van der Waals surface area contributed by atoms with Crippen LogP contribution in [-0.2, 0) is 56.0 Å². The van der Waals surface area contributed by atoms with Crippen LogP contribution in [0.3, 0.4) is 0 Å². The summed E-state index contributed by atoms with van der Waals surface area (Å²) >= 11 is 0. The Bertz CT molecular complexity index is 2600. The highest BCUT2D eigenvalue weighted by atomic mass is 16.7. The highest BCUT2D eigenvalue weighted by molar-refractivity contribution is 6.08. The van der Waals surface area contributed by atoms with Gasteiger partial charge >= 0.3 is 17.9 Å². The van der Waals surface area contributed by atoms with Gasteiger partial charge in [-0.05, 0) is 25.8 Å². The van der Waals surface area contributed by atoms with Crippen LogP contribution in [0.1, 0.15) is 54.4 Å². The average Bonchev–Trinajstić information content (AvgIpc) is 3.73. The van der Waals surface area contributed by atoms with E-state index in [1.54, 1.807) is 6.92 Å². The van der Waals surface area contributed by atoms with Gasteiger partial charge in [-0.2, -0.15) is 0 Å². The minimum absolute atomic E-state index is 0.0543. The molecule has 0 saturated heterocycles. The molecule has 0 aliphatic rings. The number of ether oxygens (including phenoxy) is 10. The van der Waals surface area contributed by atoms with Crippen LogP contribution < -0.4 is 35.1 Å². The van der Waals surface area contributed by atoms with E-state index in [-0.39, 0.29) is 95.3 Å². The van der Waals surface area contributed by atoms with Gasteiger partial charge in [0, 0.05) is 52.7 Å². The van der Waals surface area contributed by atoms with Gasteiger partial charge < -0.3 is 67.2 Å². The van der Waals surface area contributed by atoms with Crippen LogP contribution in [0, 0.1) is 6.92 Å². The number of unbranched alkanes of at least 4 members (excludes halogenated alkanes) is 1. The number of aryl methyl sites for hydroxylation is 1. The van der Waals surface area contributed by atoms with Crippen molar-refractivity contribution in [2.75, 3.05) is 62.2 Å². The molecule has 3 aromatic heterocycles. The molecule has 3 heterocycles. The molecule has 0 aliphatic heterocycles. The third kappa shape index (κ3) is 12.3. The zero-order valence-corrected chi connectivity index (χ0v) is 36.5. The summed E-state index contributed by atoms with van der Waals surface area (Å²) in [5.41, 5.74) is -1.69. The summed E-state index contributed by atoms with van der Waals surface area (Å²) in [6.45, 7) is 1.56. The number of carboxylic acids is 1. The second-order valence-corrected chi connectivity index (χ2v) is 14.0. The van der Waals surface area contributed by atoms with Crippen molar-refractivity contribution in [2.24, 2.45) is 0 Å². The summed E-state index contributed by atoms with van der Waals surface area (Å²) in [6.07, 6.45) is 3.11. The Balaban J connectivity index is 1.51. The van der Waals surface area contributed by atoms with E-state index in [9.17, 15) is 28.8 Å². The molecular weight excluding hydrogens is 862 g/mol. The van der Waals surface area contributed by atoms with E-state index in [1.807, 2.05) is 6.92 Å². The number of methoxy groups -OCH3 is 4. The maximum Gasteiger partial charge on any atom is 0.343 e. The van der Waals surface area contributed by atoms with Crippen LogP contribution in [-0.4, -0.2) is 117 Å². The molecule has 350 valence electrons. The van der Waals surface area contributed by atoms with E-state index in [4.69, 9.17) is 56.9 Å². The summed E-state index contributed by atoms with van der Waals surface area (Å²) in [4.78, 5) is 83.1. The van der Waals surface area contributed by atoms with Crippen molar-refractivity contribution in [2.45, 2.75) is 58.7 Å². The molecule has 0 bridgehead atoms. The average molecular weight is 912 g/mol. The Morgan fingerprint density at radius 3 is 2.20 bits per heavy atom. The number of nitrogens with zero attached hydrogens (tertiary/aromatic N) is 3. The van der Waals surface area contributed by atoms with E-state index in [2.05, 4.69) is 20.6 Å². The molecular formula is C42H49N5O18. The van der Waals surface area contributed by atoms with E-state index in [0.717, 1.165) is 17.4 Å². The van der Waals surface area contributed by atoms with Crippen LogP contribution in [0.5, 0.6) is 23.0 Å². The molecule has 65 heavy (non-hydrogen) atoms. The van der Waals surface area contributed by atoms with Gasteiger partial charge in [0.05, 0.1) is 40.2 Å². The number of rotatable bonds is 26. The maximum atomic E-state index is 14.7. The molecule has 23 heteroatoms. The number of nitrogens with one attached hydrogen (secondary N) is 2. The van der Waals surface area contributed by atoms with E-state index in [1.165, 1.54) is 52.8 Å². The zero-order chi connectivity index (χ0) is 47.0. The molecule has 5 aromatic rings. The molecule has 1 amide bonds. The summed E-state index contributed by atoms with van der Waals surface area (Å²) < 4.78 is 60.9. The monoisotopic (exact) mass is 911 g/mol. The highest BCUT2D eigenvalue weighted by Crippen LogP contribution is 2.39. The SMILES string of the molecule is CCCCOC(=O)[C@H](CCC(=O)O)NC(=O)Cn1cc(COC(=O)c2c(OCOC)c(OCOC)cc3occ(-c4c(C)[nH]c5cc(OCOC)c(OCOC)cc5c4=O)c(=O)c23)nn1. The Labute approximate surface area is 369 Å². The molecule has 3 N–H and O–H groups in total. The number of carbonyl (C=O) groups excluding carboxylic acids is 3. The lowest BCUT2D eigenvalue weighted by Gasteiger charge is -2.17. The standard InChI is InChI=1S/C42H49N5O18/c1-7-8-11-59-41(53)27(9-10-34(49)50)44-33(48)16-47-15-24(45-46-47)17-61-42(54)37-36-31(14-32(64-21-57-5)40(37)65-22-58-6)60-18-26(39(36)52)35-23(2)43-28-13-30(63-20-56-4)29(62-19-55-3)12-25(28)38(35)51/h12-15,18,27H,7-11,16-17,19-22H2,1-6H3,(H,43,51)(H,44,48)(H,49,50)/t27-/m0/s1.